The highest BCUT2D eigenvalue weighted by atomic mass is 127. The Labute approximate surface area is 170 Å². The lowest BCUT2D eigenvalue weighted by molar-refractivity contribution is 0.0990. The van der Waals surface area contributed by atoms with Gasteiger partial charge < -0.3 is 4.90 Å². The number of hydrogen-bond acceptors (Lipinski definition) is 1. The van der Waals surface area contributed by atoms with Gasteiger partial charge in [0.05, 0.1) is 12.8 Å². The first kappa shape index (κ1) is 21.0. The van der Waals surface area contributed by atoms with Crippen LogP contribution < -0.4 is 0 Å². The second-order valence-corrected chi connectivity index (χ2v) is 11.8. The lowest BCUT2D eigenvalue weighted by Gasteiger charge is -2.49. The molecule has 2 rings (SSSR count). The highest BCUT2D eigenvalue weighted by Gasteiger charge is 2.42. The van der Waals surface area contributed by atoms with E-state index in [2.05, 4.69) is 62.1 Å². The lowest BCUT2D eigenvalue weighted by atomic mass is 9.60. The Morgan fingerprint density at radius 2 is 1.88 bits per heavy atom. The van der Waals surface area contributed by atoms with Crippen LogP contribution in [-0.4, -0.2) is 33.6 Å². The lowest BCUT2D eigenvalue weighted by Crippen LogP contribution is -2.49. The maximum Gasteiger partial charge on any atom is 0.0890 e. The summed E-state index contributed by atoms with van der Waals surface area (Å²) in [5, 5.41) is 0. The number of fused-ring (bicyclic) bond motifs is 1. The van der Waals surface area contributed by atoms with Crippen molar-refractivity contribution in [2.24, 2.45) is 23.2 Å². The van der Waals surface area contributed by atoms with Gasteiger partial charge in [0.2, 0.25) is 0 Å². The highest BCUT2D eigenvalue weighted by Crippen LogP contribution is 2.49. The molecule has 1 heterocycles. The van der Waals surface area contributed by atoms with Gasteiger partial charge >= 0.3 is 0 Å². The Morgan fingerprint density at radius 3 is 2.46 bits per heavy atom. The van der Waals surface area contributed by atoms with Gasteiger partial charge in [-0.2, -0.15) is 0 Å². The number of piperidine rings is 1. The van der Waals surface area contributed by atoms with Crippen LogP contribution >= 0.6 is 34.8 Å². The summed E-state index contributed by atoms with van der Waals surface area (Å²) in [6, 6.07) is 0.538. The fourth-order valence-corrected chi connectivity index (χ4v) is 6.67. The maximum atomic E-state index is 6.69. The number of alkyl halides is 1. The summed E-state index contributed by atoms with van der Waals surface area (Å²) in [7, 11) is 6.69. The van der Waals surface area contributed by atoms with Crippen LogP contribution in [0.3, 0.4) is 0 Å². The smallest absolute Gasteiger partial charge is 0.0890 e. The van der Waals surface area contributed by atoms with Crippen molar-refractivity contribution in [3.8, 4) is 0 Å². The van der Waals surface area contributed by atoms with Gasteiger partial charge in [0.15, 0.2) is 0 Å². The van der Waals surface area contributed by atoms with Crippen LogP contribution in [-0.2, 0) is 0 Å². The monoisotopic (exact) mass is 459 g/mol. The predicted molar refractivity (Wildman–Crippen MR) is 119 cm³/mol. The van der Waals surface area contributed by atoms with Crippen LogP contribution in [0.1, 0.15) is 79.6 Å². The summed E-state index contributed by atoms with van der Waals surface area (Å²) in [5.74, 6) is 2.01. The van der Waals surface area contributed by atoms with Gasteiger partial charge in [-0.15, -0.1) is 0 Å². The van der Waals surface area contributed by atoms with Gasteiger partial charge in [0, 0.05) is 18.5 Å². The Bertz CT molecular complexity index is 451. The van der Waals surface area contributed by atoms with Gasteiger partial charge in [-0.3, -0.25) is 0 Å². The first-order valence-corrected chi connectivity index (χ1v) is 11.3. The SMILES string of the molecule is [B]C1(I)CCCCC2C(=S)N(C(C)C)CCC2CC(C)(C(C)C)C1. The standard InChI is InChI=1S/C20H35BINS/c1-14(2)19(5)12-16-9-11-23(15(3)4)18(24)17(16)8-6-7-10-20(21,22)13-19/h14-17H,6-13H2,1-5H3. The molecule has 2 fully saturated rings. The Kier molecular flexibility index (Phi) is 7.12. The van der Waals surface area contributed by atoms with Gasteiger partial charge in [0.25, 0.3) is 0 Å². The molecule has 0 N–H and O–H groups in total. The predicted octanol–water partition coefficient (Wildman–Crippen LogP) is 5.98. The third-order valence-corrected chi connectivity index (χ3v) is 8.17. The third-order valence-electron chi connectivity index (χ3n) is 6.71. The van der Waals surface area contributed by atoms with E-state index in [1.807, 2.05) is 0 Å². The molecule has 0 bridgehead atoms. The molecule has 1 aliphatic carbocycles. The van der Waals surface area contributed by atoms with Crippen molar-refractivity contribution in [3.05, 3.63) is 0 Å². The second-order valence-electron chi connectivity index (χ2n) is 9.25. The number of hydrogen-bond donors (Lipinski definition) is 0. The highest BCUT2D eigenvalue weighted by molar-refractivity contribution is 14.1. The number of nitrogens with zero attached hydrogens (tertiary/aromatic N) is 1. The zero-order chi connectivity index (χ0) is 18.1. The topological polar surface area (TPSA) is 3.24 Å². The molecule has 1 saturated heterocycles. The van der Waals surface area contributed by atoms with Crippen molar-refractivity contribution in [1.29, 1.82) is 0 Å². The molecule has 0 aromatic rings. The van der Waals surface area contributed by atoms with E-state index in [1.165, 1.54) is 37.1 Å². The first-order chi connectivity index (χ1) is 11.1. The van der Waals surface area contributed by atoms with Crippen LogP contribution in [0.5, 0.6) is 0 Å². The van der Waals surface area contributed by atoms with Gasteiger partial charge in [0.1, 0.15) is 0 Å². The summed E-state index contributed by atoms with van der Waals surface area (Å²) in [4.78, 5) is 3.74. The summed E-state index contributed by atoms with van der Waals surface area (Å²) < 4.78 is -0.0528. The average molecular weight is 459 g/mol. The van der Waals surface area contributed by atoms with E-state index in [0.717, 1.165) is 25.3 Å². The molecule has 1 saturated carbocycles. The quantitative estimate of drug-likeness (QED) is 0.217. The van der Waals surface area contributed by atoms with E-state index in [9.17, 15) is 0 Å². The van der Waals surface area contributed by atoms with Crippen molar-refractivity contribution in [1.82, 2.24) is 4.90 Å². The normalized spacial score (nSPS) is 39.2. The summed E-state index contributed by atoms with van der Waals surface area (Å²) in [6.45, 7) is 13.0. The number of likely N-dealkylation sites (tertiary alicyclic amines) is 1. The fourth-order valence-electron chi connectivity index (χ4n) is 4.80. The zero-order valence-corrected chi connectivity index (χ0v) is 19.3. The Balaban J connectivity index is 2.26. The van der Waals surface area contributed by atoms with E-state index >= 15 is 0 Å². The third kappa shape index (κ3) is 4.89. The minimum Gasteiger partial charge on any atom is -0.363 e. The molecule has 1 nitrogen and oxygen atoms in total. The molecule has 136 valence electrons. The fraction of sp³-hybridized carbons (Fsp3) is 0.950. The Hall–Kier alpha value is 0.685. The van der Waals surface area contributed by atoms with Crippen LogP contribution in [0.4, 0.5) is 0 Å². The van der Waals surface area contributed by atoms with Crippen LogP contribution in [0.25, 0.3) is 0 Å². The number of rotatable bonds is 2. The molecule has 2 aliphatic rings. The zero-order valence-electron chi connectivity index (χ0n) is 16.3. The summed E-state index contributed by atoms with van der Waals surface area (Å²) in [6.07, 6.45) is 8.60. The van der Waals surface area contributed by atoms with E-state index in [-0.39, 0.29) is 3.32 Å². The largest absolute Gasteiger partial charge is 0.363 e. The van der Waals surface area contributed by atoms with E-state index < -0.39 is 0 Å². The molecule has 4 unspecified atom stereocenters. The van der Waals surface area contributed by atoms with Gasteiger partial charge in [-0.05, 0) is 66.5 Å². The molecular weight excluding hydrogens is 424 g/mol. The molecule has 0 aromatic carbocycles. The average Bonchev–Trinajstić information content (AvgIpc) is 2.44. The maximum absolute atomic E-state index is 6.69. The van der Waals surface area contributed by atoms with Gasteiger partial charge in [-0.25, -0.2) is 0 Å². The van der Waals surface area contributed by atoms with E-state index in [1.54, 1.807) is 0 Å². The van der Waals surface area contributed by atoms with Crippen molar-refractivity contribution >= 4 is 47.6 Å². The minimum absolute atomic E-state index is 0.0528. The molecule has 0 spiro atoms. The number of halogens is 1. The van der Waals surface area contributed by atoms with Crippen LogP contribution in [0.2, 0.25) is 0 Å². The van der Waals surface area contributed by atoms with E-state index in [0.29, 0.717) is 23.3 Å². The molecule has 2 radical (unpaired) electrons. The van der Waals surface area contributed by atoms with Gasteiger partial charge in [-0.1, -0.05) is 68.4 Å². The molecule has 4 heteroatoms. The van der Waals surface area contributed by atoms with Crippen LogP contribution in [0.15, 0.2) is 0 Å². The Morgan fingerprint density at radius 1 is 1.21 bits per heavy atom. The second kappa shape index (κ2) is 8.14. The van der Waals surface area contributed by atoms with Crippen LogP contribution in [0, 0.1) is 23.2 Å². The molecule has 1 aliphatic heterocycles. The van der Waals surface area contributed by atoms with E-state index in [4.69, 9.17) is 20.1 Å². The summed E-state index contributed by atoms with van der Waals surface area (Å²) >= 11 is 8.50. The molecule has 0 amide bonds. The molecule has 24 heavy (non-hydrogen) atoms. The molecule has 0 aromatic heterocycles. The van der Waals surface area contributed by atoms with Crippen molar-refractivity contribution in [2.75, 3.05) is 6.54 Å². The van der Waals surface area contributed by atoms with Crippen molar-refractivity contribution in [3.63, 3.8) is 0 Å². The number of thiocarbonyl (C=S) groups is 1. The molecule has 4 atom stereocenters. The van der Waals surface area contributed by atoms with Crippen molar-refractivity contribution < 1.29 is 0 Å². The first-order valence-electron chi connectivity index (χ1n) is 9.84. The summed E-state index contributed by atoms with van der Waals surface area (Å²) in [5.41, 5.74) is 0.311. The molecular formula is C20H35BINS. The minimum atomic E-state index is -0.0528. The van der Waals surface area contributed by atoms with Crippen molar-refractivity contribution in [2.45, 2.75) is 88.9 Å².